The Labute approximate surface area is 71.7 Å². The number of hydrogen-bond donors (Lipinski definition) is 2. The first-order valence-corrected chi connectivity index (χ1v) is 3.95. The zero-order chi connectivity index (χ0) is 8.81. The van der Waals surface area contributed by atoms with Gasteiger partial charge in [0.2, 0.25) is 0 Å². The molecule has 0 aliphatic rings. The second-order valence-corrected chi connectivity index (χ2v) is 2.58. The highest BCUT2D eigenvalue weighted by Gasteiger charge is 1.95. The molecule has 0 saturated heterocycles. The Kier molecular flexibility index (Phi) is 3.63. The highest BCUT2D eigenvalue weighted by Crippen LogP contribution is 1.89. The Morgan fingerprint density at radius 3 is 3.00 bits per heavy atom. The first kappa shape index (κ1) is 9.09. The average Bonchev–Trinajstić information content (AvgIpc) is 2.05. The first-order valence-electron chi connectivity index (χ1n) is 3.95. The fourth-order valence-electron chi connectivity index (χ4n) is 0.868. The number of hydrogen-bond acceptors (Lipinski definition) is 4. The van der Waals surface area contributed by atoms with Crippen LogP contribution in [0.4, 0.5) is 0 Å². The standard InChI is InChI=1S/C8H13N3O/c1-7(12)10-3-2-8-6-9-4-5-11-8/h4-7,10,12H,2-3H2,1H3. The summed E-state index contributed by atoms with van der Waals surface area (Å²) in [5.74, 6) is 0. The normalized spacial score (nSPS) is 12.8. The van der Waals surface area contributed by atoms with E-state index in [1.807, 2.05) is 0 Å². The lowest BCUT2D eigenvalue weighted by atomic mass is 10.3. The van der Waals surface area contributed by atoms with Crippen LogP contribution in [0.5, 0.6) is 0 Å². The van der Waals surface area contributed by atoms with Gasteiger partial charge in [-0.2, -0.15) is 0 Å². The molecule has 66 valence electrons. The van der Waals surface area contributed by atoms with Crippen LogP contribution in [-0.2, 0) is 6.42 Å². The molecule has 0 fully saturated rings. The van der Waals surface area contributed by atoms with E-state index in [0.717, 1.165) is 18.7 Å². The minimum atomic E-state index is -0.457. The van der Waals surface area contributed by atoms with E-state index in [1.165, 1.54) is 0 Å². The van der Waals surface area contributed by atoms with Crippen LogP contribution in [-0.4, -0.2) is 27.8 Å². The van der Waals surface area contributed by atoms with Gasteiger partial charge in [0.25, 0.3) is 0 Å². The lowest BCUT2D eigenvalue weighted by molar-refractivity contribution is 0.157. The van der Waals surface area contributed by atoms with Crippen molar-refractivity contribution in [3.63, 3.8) is 0 Å². The molecule has 1 rings (SSSR count). The van der Waals surface area contributed by atoms with E-state index < -0.39 is 6.23 Å². The van der Waals surface area contributed by atoms with Gasteiger partial charge in [-0.25, -0.2) is 0 Å². The molecule has 0 amide bonds. The lowest BCUT2D eigenvalue weighted by Gasteiger charge is -2.05. The molecule has 1 heterocycles. The molecule has 1 unspecified atom stereocenters. The molecule has 0 aromatic carbocycles. The van der Waals surface area contributed by atoms with Crippen LogP contribution in [0.25, 0.3) is 0 Å². The molecule has 12 heavy (non-hydrogen) atoms. The molecule has 2 N–H and O–H groups in total. The van der Waals surface area contributed by atoms with E-state index in [9.17, 15) is 0 Å². The topological polar surface area (TPSA) is 58.0 Å². The van der Waals surface area contributed by atoms with Crippen molar-refractivity contribution in [3.05, 3.63) is 24.3 Å². The van der Waals surface area contributed by atoms with Crippen LogP contribution in [0.1, 0.15) is 12.6 Å². The van der Waals surface area contributed by atoms with Crippen LogP contribution in [0.3, 0.4) is 0 Å². The van der Waals surface area contributed by atoms with Gasteiger partial charge >= 0.3 is 0 Å². The highest BCUT2D eigenvalue weighted by atomic mass is 16.3. The molecule has 4 heteroatoms. The zero-order valence-corrected chi connectivity index (χ0v) is 7.07. The maximum absolute atomic E-state index is 8.88. The van der Waals surface area contributed by atoms with Gasteiger partial charge in [0, 0.05) is 31.6 Å². The van der Waals surface area contributed by atoms with Gasteiger partial charge in [-0.15, -0.1) is 0 Å². The lowest BCUT2D eigenvalue weighted by Crippen LogP contribution is -2.27. The van der Waals surface area contributed by atoms with Crippen LogP contribution in [0.15, 0.2) is 18.6 Å². The molecule has 0 aliphatic carbocycles. The van der Waals surface area contributed by atoms with Gasteiger partial charge in [-0.05, 0) is 6.92 Å². The summed E-state index contributed by atoms with van der Waals surface area (Å²) in [5, 5.41) is 11.8. The third kappa shape index (κ3) is 3.41. The van der Waals surface area contributed by atoms with E-state index in [2.05, 4.69) is 15.3 Å². The van der Waals surface area contributed by atoms with E-state index >= 15 is 0 Å². The Morgan fingerprint density at radius 1 is 1.58 bits per heavy atom. The van der Waals surface area contributed by atoms with E-state index in [4.69, 9.17) is 5.11 Å². The SMILES string of the molecule is CC(O)NCCc1cnccn1. The molecular formula is C8H13N3O. The van der Waals surface area contributed by atoms with Crippen LogP contribution < -0.4 is 5.32 Å². The van der Waals surface area contributed by atoms with Crippen molar-refractivity contribution in [2.75, 3.05) is 6.54 Å². The quantitative estimate of drug-likeness (QED) is 0.617. The van der Waals surface area contributed by atoms with Crippen molar-refractivity contribution in [3.8, 4) is 0 Å². The molecule has 0 saturated carbocycles. The summed E-state index contributed by atoms with van der Waals surface area (Å²) in [6.07, 6.45) is 5.37. The zero-order valence-electron chi connectivity index (χ0n) is 7.07. The second-order valence-electron chi connectivity index (χ2n) is 2.58. The van der Waals surface area contributed by atoms with Crippen LogP contribution in [0, 0.1) is 0 Å². The number of aliphatic hydroxyl groups is 1. The number of rotatable bonds is 4. The Morgan fingerprint density at radius 2 is 2.42 bits per heavy atom. The number of nitrogens with one attached hydrogen (secondary N) is 1. The van der Waals surface area contributed by atoms with Crippen molar-refractivity contribution in [1.82, 2.24) is 15.3 Å². The molecule has 1 aromatic rings. The van der Waals surface area contributed by atoms with E-state index in [0.29, 0.717) is 0 Å². The summed E-state index contributed by atoms with van der Waals surface area (Å²) in [4.78, 5) is 8.02. The summed E-state index contributed by atoms with van der Waals surface area (Å²) in [7, 11) is 0. The van der Waals surface area contributed by atoms with Gasteiger partial charge in [-0.1, -0.05) is 0 Å². The summed E-state index contributed by atoms with van der Waals surface area (Å²) >= 11 is 0. The average molecular weight is 167 g/mol. The number of nitrogens with zero attached hydrogens (tertiary/aromatic N) is 2. The van der Waals surface area contributed by atoms with Crippen LogP contribution in [0.2, 0.25) is 0 Å². The molecule has 1 aromatic heterocycles. The Balaban J connectivity index is 2.25. The predicted molar refractivity (Wildman–Crippen MR) is 45.4 cm³/mol. The Hall–Kier alpha value is -1.00. The van der Waals surface area contributed by atoms with Gasteiger partial charge in [0.1, 0.15) is 6.23 Å². The maximum atomic E-state index is 8.88. The molecule has 1 atom stereocenters. The molecular weight excluding hydrogens is 154 g/mol. The highest BCUT2D eigenvalue weighted by molar-refractivity contribution is 4.94. The molecule has 4 nitrogen and oxygen atoms in total. The van der Waals surface area contributed by atoms with Crippen molar-refractivity contribution in [2.24, 2.45) is 0 Å². The minimum absolute atomic E-state index is 0.457. The van der Waals surface area contributed by atoms with Crippen molar-refractivity contribution in [1.29, 1.82) is 0 Å². The monoisotopic (exact) mass is 167 g/mol. The molecule has 0 radical (unpaired) electrons. The summed E-state index contributed by atoms with van der Waals surface area (Å²) in [6, 6.07) is 0. The second kappa shape index (κ2) is 4.79. The third-order valence-corrected chi connectivity index (χ3v) is 1.44. The van der Waals surface area contributed by atoms with E-state index in [1.54, 1.807) is 25.5 Å². The van der Waals surface area contributed by atoms with Crippen molar-refractivity contribution < 1.29 is 5.11 Å². The molecule has 0 spiro atoms. The van der Waals surface area contributed by atoms with Crippen molar-refractivity contribution in [2.45, 2.75) is 19.6 Å². The van der Waals surface area contributed by atoms with Gasteiger partial charge in [0.05, 0.1) is 5.69 Å². The van der Waals surface area contributed by atoms with Gasteiger partial charge < -0.3 is 5.11 Å². The van der Waals surface area contributed by atoms with Crippen LogP contribution >= 0.6 is 0 Å². The Bertz CT molecular complexity index is 213. The molecule has 0 bridgehead atoms. The van der Waals surface area contributed by atoms with Gasteiger partial charge in [-0.3, -0.25) is 15.3 Å². The molecule has 0 aliphatic heterocycles. The number of aromatic nitrogens is 2. The first-order chi connectivity index (χ1) is 5.79. The minimum Gasteiger partial charge on any atom is -0.379 e. The summed E-state index contributed by atoms with van der Waals surface area (Å²) in [5.41, 5.74) is 0.936. The van der Waals surface area contributed by atoms with Gasteiger partial charge in [0.15, 0.2) is 0 Å². The summed E-state index contributed by atoms with van der Waals surface area (Å²) < 4.78 is 0. The maximum Gasteiger partial charge on any atom is 0.102 e. The van der Waals surface area contributed by atoms with Crippen molar-refractivity contribution >= 4 is 0 Å². The largest absolute Gasteiger partial charge is 0.379 e. The predicted octanol–water partition coefficient (Wildman–Crippen LogP) is -0.0530. The van der Waals surface area contributed by atoms with E-state index in [-0.39, 0.29) is 0 Å². The third-order valence-electron chi connectivity index (χ3n) is 1.44. The fraction of sp³-hybridized carbons (Fsp3) is 0.500. The fourth-order valence-corrected chi connectivity index (χ4v) is 0.868. The smallest absolute Gasteiger partial charge is 0.102 e. The summed E-state index contributed by atoms with van der Waals surface area (Å²) in [6.45, 7) is 2.41. The number of aliphatic hydroxyl groups excluding tert-OH is 1.